The van der Waals surface area contributed by atoms with Crippen LogP contribution in [-0.2, 0) is 4.74 Å². The summed E-state index contributed by atoms with van der Waals surface area (Å²) in [5.41, 5.74) is 0. The summed E-state index contributed by atoms with van der Waals surface area (Å²) in [6.45, 7) is 5.41. The van der Waals surface area contributed by atoms with E-state index >= 15 is 0 Å². The highest BCUT2D eigenvalue weighted by molar-refractivity contribution is 5.31. The van der Waals surface area contributed by atoms with Crippen LogP contribution >= 0.6 is 0 Å². The van der Waals surface area contributed by atoms with Gasteiger partial charge >= 0.3 is 0 Å². The van der Waals surface area contributed by atoms with Gasteiger partial charge < -0.3 is 14.2 Å². The van der Waals surface area contributed by atoms with Crippen molar-refractivity contribution in [2.75, 3.05) is 20.0 Å². The van der Waals surface area contributed by atoms with Gasteiger partial charge in [0, 0.05) is 18.7 Å². The molecule has 0 heterocycles. The van der Waals surface area contributed by atoms with Gasteiger partial charge in [0.25, 0.3) is 0 Å². The van der Waals surface area contributed by atoms with Gasteiger partial charge in [-0.2, -0.15) is 0 Å². The van der Waals surface area contributed by atoms with Crippen LogP contribution in [0, 0.1) is 6.07 Å². The second-order valence-electron chi connectivity index (χ2n) is 2.58. The quantitative estimate of drug-likeness (QED) is 0.514. The van der Waals surface area contributed by atoms with Crippen LogP contribution < -0.4 is 9.47 Å². The van der Waals surface area contributed by atoms with E-state index < -0.39 is 0 Å². The molecule has 77 valence electrons. The summed E-state index contributed by atoms with van der Waals surface area (Å²) in [6.07, 6.45) is 0. The fourth-order valence-corrected chi connectivity index (χ4v) is 0.953. The molecule has 3 nitrogen and oxygen atoms in total. The first-order valence-corrected chi connectivity index (χ1v) is 4.72. The highest BCUT2D eigenvalue weighted by Gasteiger charge is 1.96. The van der Waals surface area contributed by atoms with E-state index in [9.17, 15) is 0 Å². The third-order valence-electron chi connectivity index (χ3n) is 1.56. The van der Waals surface area contributed by atoms with Crippen LogP contribution in [0.5, 0.6) is 11.5 Å². The van der Waals surface area contributed by atoms with Gasteiger partial charge in [0.2, 0.25) is 0 Å². The fraction of sp³-hybridized carbons (Fsp3) is 0.455. The number of ether oxygens (including phenoxy) is 3. The van der Waals surface area contributed by atoms with Gasteiger partial charge in [0.05, 0.1) is 6.61 Å². The average Bonchev–Trinajstić information content (AvgIpc) is 2.19. The Balaban J connectivity index is 2.46. The lowest BCUT2D eigenvalue weighted by Gasteiger charge is -2.07. The lowest BCUT2D eigenvalue weighted by Crippen LogP contribution is -2.02. The summed E-state index contributed by atoms with van der Waals surface area (Å²) in [6, 6.07) is 8.35. The first-order valence-electron chi connectivity index (χ1n) is 4.72. The fourth-order valence-electron chi connectivity index (χ4n) is 0.953. The Hall–Kier alpha value is -1.22. The molecule has 0 saturated carbocycles. The van der Waals surface area contributed by atoms with Crippen molar-refractivity contribution in [2.45, 2.75) is 13.8 Å². The van der Waals surface area contributed by atoms with E-state index in [2.05, 4.69) is 6.07 Å². The minimum absolute atomic E-state index is 0.253. The average molecular weight is 195 g/mol. The van der Waals surface area contributed by atoms with Crippen LogP contribution in [0.25, 0.3) is 0 Å². The third-order valence-corrected chi connectivity index (χ3v) is 1.56. The lowest BCUT2D eigenvalue weighted by atomic mass is 10.3. The molecule has 0 amide bonds. The largest absolute Gasteiger partial charge is 0.494 e. The predicted octanol–water partition coefficient (Wildman–Crippen LogP) is 2.26. The van der Waals surface area contributed by atoms with Gasteiger partial charge in [0.15, 0.2) is 6.79 Å². The van der Waals surface area contributed by atoms with Crippen molar-refractivity contribution in [3.05, 3.63) is 24.3 Å². The Labute approximate surface area is 84.6 Å². The maximum Gasteiger partial charge on any atom is 0.189 e. The number of hydrogen-bond donors (Lipinski definition) is 0. The van der Waals surface area contributed by atoms with Crippen molar-refractivity contribution in [3.8, 4) is 11.5 Å². The van der Waals surface area contributed by atoms with Crippen LogP contribution in [0.15, 0.2) is 18.2 Å². The molecule has 0 unspecified atom stereocenters. The molecule has 0 atom stereocenters. The van der Waals surface area contributed by atoms with E-state index in [0.29, 0.717) is 19.0 Å². The topological polar surface area (TPSA) is 27.7 Å². The highest BCUT2D eigenvalue weighted by Crippen LogP contribution is 2.18. The molecule has 1 aromatic rings. The molecule has 1 aromatic carbocycles. The molecule has 0 N–H and O–H groups in total. The molecule has 0 spiro atoms. The highest BCUT2D eigenvalue weighted by atomic mass is 16.7. The monoisotopic (exact) mass is 195 g/mol. The van der Waals surface area contributed by atoms with Crippen molar-refractivity contribution in [3.63, 3.8) is 0 Å². The van der Waals surface area contributed by atoms with Crippen molar-refractivity contribution in [2.24, 2.45) is 0 Å². The summed E-state index contributed by atoms with van der Waals surface area (Å²) in [4.78, 5) is 0. The molecular weight excluding hydrogens is 180 g/mol. The molecule has 0 aliphatic carbocycles. The molecular formula is C11H15O3. The number of hydrogen-bond acceptors (Lipinski definition) is 3. The number of rotatable bonds is 6. The summed E-state index contributed by atoms with van der Waals surface area (Å²) < 4.78 is 15.6. The van der Waals surface area contributed by atoms with Gasteiger partial charge in [-0.05, 0) is 26.0 Å². The Kier molecular flexibility index (Phi) is 4.86. The molecule has 0 aromatic heterocycles. The minimum Gasteiger partial charge on any atom is -0.494 e. The molecule has 1 radical (unpaired) electrons. The zero-order valence-electron chi connectivity index (χ0n) is 8.58. The van der Waals surface area contributed by atoms with E-state index in [0.717, 1.165) is 5.75 Å². The van der Waals surface area contributed by atoms with Crippen molar-refractivity contribution < 1.29 is 14.2 Å². The van der Waals surface area contributed by atoms with E-state index in [1.54, 1.807) is 12.1 Å². The zero-order valence-corrected chi connectivity index (χ0v) is 8.58. The van der Waals surface area contributed by atoms with Crippen molar-refractivity contribution in [1.29, 1.82) is 0 Å². The smallest absolute Gasteiger partial charge is 0.189 e. The summed E-state index contributed by atoms with van der Waals surface area (Å²) in [5, 5.41) is 0. The maximum absolute atomic E-state index is 5.31. The Morgan fingerprint density at radius 2 is 2.07 bits per heavy atom. The molecule has 0 aliphatic heterocycles. The van der Waals surface area contributed by atoms with Gasteiger partial charge in [-0.3, -0.25) is 0 Å². The third kappa shape index (κ3) is 3.66. The second kappa shape index (κ2) is 6.27. The molecule has 14 heavy (non-hydrogen) atoms. The molecule has 0 aliphatic rings. The Morgan fingerprint density at radius 3 is 2.79 bits per heavy atom. The molecule has 1 rings (SSSR count). The van der Waals surface area contributed by atoms with E-state index in [1.807, 2.05) is 19.9 Å². The first kappa shape index (κ1) is 10.9. The van der Waals surface area contributed by atoms with Crippen LogP contribution in [0.2, 0.25) is 0 Å². The maximum atomic E-state index is 5.31. The summed E-state index contributed by atoms with van der Waals surface area (Å²) in [5.74, 6) is 1.43. The molecule has 0 bridgehead atoms. The normalized spacial score (nSPS) is 9.86. The van der Waals surface area contributed by atoms with Gasteiger partial charge in [-0.15, -0.1) is 0 Å². The second-order valence-corrected chi connectivity index (χ2v) is 2.58. The lowest BCUT2D eigenvalue weighted by molar-refractivity contribution is 0.0221. The minimum atomic E-state index is 0.253. The van der Waals surface area contributed by atoms with Crippen LogP contribution in [-0.4, -0.2) is 20.0 Å². The van der Waals surface area contributed by atoms with Crippen LogP contribution in [0.4, 0.5) is 0 Å². The van der Waals surface area contributed by atoms with Gasteiger partial charge in [-0.25, -0.2) is 0 Å². The summed E-state index contributed by atoms with van der Waals surface area (Å²) >= 11 is 0. The molecule has 0 saturated heterocycles. The van der Waals surface area contributed by atoms with E-state index in [-0.39, 0.29) is 6.79 Å². The van der Waals surface area contributed by atoms with Gasteiger partial charge in [-0.1, -0.05) is 0 Å². The van der Waals surface area contributed by atoms with Crippen molar-refractivity contribution in [1.82, 2.24) is 0 Å². The van der Waals surface area contributed by atoms with E-state index in [1.165, 1.54) is 0 Å². The Morgan fingerprint density at radius 1 is 1.21 bits per heavy atom. The summed E-state index contributed by atoms with van der Waals surface area (Å²) in [7, 11) is 0. The first-order chi connectivity index (χ1) is 6.86. The zero-order chi connectivity index (χ0) is 10.2. The van der Waals surface area contributed by atoms with Crippen LogP contribution in [0.3, 0.4) is 0 Å². The van der Waals surface area contributed by atoms with Crippen LogP contribution in [0.1, 0.15) is 13.8 Å². The Bertz CT molecular complexity index is 260. The van der Waals surface area contributed by atoms with Gasteiger partial charge in [0.1, 0.15) is 11.5 Å². The number of benzene rings is 1. The molecule has 3 heteroatoms. The SMILES string of the molecule is CCOCOc1[c]ccc(OCC)c1. The van der Waals surface area contributed by atoms with Crippen molar-refractivity contribution >= 4 is 0 Å². The molecule has 0 fully saturated rings. The predicted molar refractivity (Wildman–Crippen MR) is 53.6 cm³/mol. The standard InChI is InChI=1S/C11H15O3/c1-3-12-9-14-11-7-5-6-10(8-11)13-4-2/h5-6,8H,3-4,9H2,1-2H3. The van der Waals surface area contributed by atoms with E-state index in [4.69, 9.17) is 14.2 Å².